The van der Waals surface area contributed by atoms with Gasteiger partial charge in [0.05, 0.1) is 11.7 Å². The molecule has 1 aliphatic carbocycles. The average Bonchev–Trinajstić information content (AvgIpc) is 2.91. The lowest BCUT2D eigenvalue weighted by Crippen LogP contribution is -2.34. The summed E-state index contributed by atoms with van der Waals surface area (Å²) >= 11 is 0. The van der Waals surface area contributed by atoms with Gasteiger partial charge < -0.3 is 15.3 Å². The van der Waals surface area contributed by atoms with Gasteiger partial charge in [-0.25, -0.2) is 0 Å². The number of rotatable bonds is 13. The van der Waals surface area contributed by atoms with E-state index in [4.69, 9.17) is 0 Å². The summed E-state index contributed by atoms with van der Waals surface area (Å²) in [5.74, 6) is 0. The van der Waals surface area contributed by atoms with E-state index in [9.17, 15) is 15.3 Å². The zero-order chi connectivity index (χ0) is 32.6. The first kappa shape index (κ1) is 37.8. The van der Waals surface area contributed by atoms with Gasteiger partial charge in [-0.2, -0.15) is 0 Å². The molecule has 3 heteroatoms. The van der Waals surface area contributed by atoms with Crippen LogP contribution in [0.1, 0.15) is 82.1 Å². The Kier molecular flexibility index (Phi) is 16.2. The van der Waals surface area contributed by atoms with Gasteiger partial charge in [0.2, 0.25) is 0 Å². The summed E-state index contributed by atoms with van der Waals surface area (Å²) in [5.41, 5.74) is 6.86. The highest BCUT2D eigenvalue weighted by Crippen LogP contribution is 2.41. The second-order valence-electron chi connectivity index (χ2n) is 12.8. The molecule has 43 heavy (non-hydrogen) atoms. The van der Waals surface area contributed by atoms with Crippen molar-refractivity contribution < 1.29 is 15.3 Å². The molecule has 0 aromatic heterocycles. The maximum Gasteiger partial charge on any atom is 0.101 e. The van der Waals surface area contributed by atoms with Gasteiger partial charge in [-0.05, 0) is 73.8 Å². The second-order valence-corrected chi connectivity index (χ2v) is 12.8. The van der Waals surface area contributed by atoms with E-state index in [-0.39, 0.29) is 11.5 Å². The van der Waals surface area contributed by atoms with Crippen LogP contribution in [0.15, 0.2) is 142 Å². The van der Waals surface area contributed by atoms with Crippen LogP contribution >= 0.6 is 0 Å². The van der Waals surface area contributed by atoms with E-state index < -0.39 is 11.7 Å². The summed E-state index contributed by atoms with van der Waals surface area (Å²) in [6.07, 6.45) is 35.0. The Hall–Kier alpha value is -3.24. The summed E-state index contributed by atoms with van der Waals surface area (Å²) in [4.78, 5) is 0. The maximum atomic E-state index is 10.4. The van der Waals surface area contributed by atoms with Gasteiger partial charge in [-0.1, -0.05) is 151 Å². The Balaban J connectivity index is 2.64. The van der Waals surface area contributed by atoms with E-state index in [0.717, 1.165) is 29.6 Å². The molecule has 3 nitrogen and oxygen atoms in total. The van der Waals surface area contributed by atoms with Crippen molar-refractivity contribution in [2.24, 2.45) is 5.41 Å². The van der Waals surface area contributed by atoms with Crippen LogP contribution in [0.2, 0.25) is 0 Å². The summed E-state index contributed by atoms with van der Waals surface area (Å²) in [6.45, 7) is 19.9. The third kappa shape index (κ3) is 15.2. The Labute approximate surface area is 262 Å². The molecule has 1 rings (SSSR count). The van der Waals surface area contributed by atoms with Gasteiger partial charge >= 0.3 is 0 Å². The molecular formula is C40H56O3. The highest BCUT2D eigenvalue weighted by atomic mass is 16.3. The predicted octanol–water partition coefficient (Wildman–Crippen LogP) is 9.68. The Morgan fingerprint density at radius 1 is 0.721 bits per heavy atom. The molecule has 0 saturated carbocycles. The third-order valence-electron chi connectivity index (χ3n) is 7.54. The molecule has 234 valence electrons. The molecule has 2 atom stereocenters. The first-order valence-corrected chi connectivity index (χ1v) is 15.3. The lowest BCUT2D eigenvalue weighted by Gasteiger charge is -2.37. The van der Waals surface area contributed by atoms with Crippen LogP contribution in [0.25, 0.3) is 0 Å². The van der Waals surface area contributed by atoms with Crippen molar-refractivity contribution in [3.63, 3.8) is 0 Å². The highest BCUT2D eigenvalue weighted by Gasteiger charge is 2.34. The minimum absolute atomic E-state index is 0.210. The molecule has 0 heterocycles. The van der Waals surface area contributed by atoms with Gasteiger partial charge in [0.15, 0.2) is 0 Å². The summed E-state index contributed by atoms with van der Waals surface area (Å²) in [7, 11) is 0. The lowest BCUT2D eigenvalue weighted by atomic mass is 9.70. The third-order valence-corrected chi connectivity index (χ3v) is 7.54. The molecule has 0 fully saturated rings. The van der Waals surface area contributed by atoms with Crippen molar-refractivity contribution in [1.29, 1.82) is 0 Å². The van der Waals surface area contributed by atoms with Gasteiger partial charge in [0.25, 0.3) is 0 Å². The SMILES string of the molecule is CC1=C(/C=C/C(C)=C/C=C/C(C)=C/C=C/C=C(C)/C=C/C=C(C)/C=C/C=C(C)/C=C/C(O)C(C)(C)O)C(C)(C)C(O)CC1. The largest absolute Gasteiger partial charge is 0.392 e. The standard InChI is InChI=1S/C40H56O3/c1-30(18-13-20-32(3)21-15-23-34(5)25-28-38(42)40(9,10)43)16-11-12-17-31(2)19-14-22-33(4)24-27-36-35(6)26-29-37(41)39(36,7)8/h11-25,27-28,37-38,41-43H,26,29H2,1-10H3/b12-11+,18-13+,19-14+,21-15+,27-24+,28-25+,30-16+,31-17+,32-20+,33-22+,34-23+. The Morgan fingerprint density at radius 2 is 1.12 bits per heavy atom. The number of hydrogen-bond acceptors (Lipinski definition) is 3. The summed E-state index contributed by atoms with van der Waals surface area (Å²) in [6, 6.07) is 0. The van der Waals surface area contributed by atoms with Crippen LogP contribution in [-0.2, 0) is 0 Å². The number of hydrogen-bond donors (Lipinski definition) is 3. The van der Waals surface area contributed by atoms with Gasteiger partial charge in [0.1, 0.15) is 6.10 Å². The molecule has 0 radical (unpaired) electrons. The minimum atomic E-state index is -1.15. The van der Waals surface area contributed by atoms with E-state index in [1.807, 2.05) is 56.4 Å². The molecule has 0 aromatic rings. The molecule has 1 aliphatic rings. The highest BCUT2D eigenvalue weighted by molar-refractivity contribution is 5.38. The van der Waals surface area contributed by atoms with Gasteiger partial charge in [-0.15, -0.1) is 0 Å². The topological polar surface area (TPSA) is 60.7 Å². The van der Waals surface area contributed by atoms with E-state index in [1.165, 1.54) is 22.3 Å². The molecule has 0 aliphatic heterocycles. The van der Waals surface area contributed by atoms with Crippen LogP contribution < -0.4 is 0 Å². The van der Waals surface area contributed by atoms with E-state index in [0.29, 0.717) is 0 Å². The molecular weight excluding hydrogens is 528 g/mol. The zero-order valence-corrected chi connectivity index (χ0v) is 28.2. The number of aliphatic hydroxyl groups excluding tert-OH is 2. The second kappa shape index (κ2) is 18.4. The van der Waals surface area contributed by atoms with Crippen LogP contribution in [0.3, 0.4) is 0 Å². The van der Waals surface area contributed by atoms with Crippen molar-refractivity contribution in [1.82, 2.24) is 0 Å². The Bertz CT molecular complexity index is 1290. The van der Waals surface area contributed by atoms with Crippen molar-refractivity contribution >= 4 is 0 Å². The normalized spacial score (nSPS) is 21.3. The fourth-order valence-corrected chi connectivity index (χ4v) is 4.38. The van der Waals surface area contributed by atoms with Crippen molar-refractivity contribution in [2.45, 2.75) is 99.9 Å². The maximum absolute atomic E-state index is 10.4. The Morgan fingerprint density at radius 3 is 1.56 bits per heavy atom. The van der Waals surface area contributed by atoms with Crippen LogP contribution in [0, 0.1) is 5.41 Å². The molecule has 0 aromatic carbocycles. The quantitative estimate of drug-likeness (QED) is 0.189. The van der Waals surface area contributed by atoms with E-state index >= 15 is 0 Å². The van der Waals surface area contributed by atoms with Gasteiger partial charge in [-0.3, -0.25) is 0 Å². The summed E-state index contributed by atoms with van der Waals surface area (Å²) < 4.78 is 0. The molecule has 0 amide bonds. The molecule has 3 N–H and O–H groups in total. The first-order chi connectivity index (χ1) is 20.0. The average molecular weight is 585 g/mol. The number of allylic oxidation sites excluding steroid dienone is 22. The molecule has 2 unspecified atom stereocenters. The number of aliphatic hydroxyl groups is 3. The van der Waals surface area contributed by atoms with Crippen molar-refractivity contribution in [3.8, 4) is 0 Å². The lowest BCUT2D eigenvalue weighted by molar-refractivity contribution is -0.0226. The van der Waals surface area contributed by atoms with E-state index in [2.05, 4.69) is 96.2 Å². The summed E-state index contributed by atoms with van der Waals surface area (Å²) in [5, 5.41) is 30.1. The predicted molar refractivity (Wildman–Crippen MR) is 188 cm³/mol. The smallest absolute Gasteiger partial charge is 0.101 e. The van der Waals surface area contributed by atoms with Crippen molar-refractivity contribution in [3.05, 3.63) is 142 Å². The molecule has 0 bridgehead atoms. The monoisotopic (exact) mass is 584 g/mol. The minimum Gasteiger partial charge on any atom is -0.392 e. The van der Waals surface area contributed by atoms with Crippen LogP contribution in [0.5, 0.6) is 0 Å². The van der Waals surface area contributed by atoms with Crippen LogP contribution in [-0.4, -0.2) is 33.1 Å². The zero-order valence-electron chi connectivity index (χ0n) is 28.2. The van der Waals surface area contributed by atoms with Crippen molar-refractivity contribution in [2.75, 3.05) is 0 Å². The van der Waals surface area contributed by atoms with Gasteiger partial charge in [0, 0.05) is 5.41 Å². The molecule has 0 spiro atoms. The molecule has 0 saturated heterocycles. The first-order valence-electron chi connectivity index (χ1n) is 15.3. The fraction of sp³-hybridized carbons (Fsp3) is 0.400. The fourth-order valence-electron chi connectivity index (χ4n) is 4.38. The van der Waals surface area contributed by atoms with E-state index in [1.54, 1.807) is 19.9 Å². The van der Waals surface area contributed by atoms with Crippen LogP contribution in [0.4, 0.5) is 0 Å².